The second kappa shape index (κ2) is 5.51. The maximum atomic E-state index is 5.84. The van der Waals surface area contributed by atoms with Crippen molar-refractivity contribution in [3.63, 3.8) is 0 Å². The highest BCUT2D eigenvalue weighted by Gasteiger charge is 2.04. The highest BCUT2D eigenvalue weighted by Crippen LogP contribution is 2.29. The number of ether oxygens (including phenoxy) is 1. The van der Waals surface area contributed by atoms with Crippen LogP contribution in [0, 0.1) is 6.92 Å². The molecule has 3 aromatic rings. The van der Waals surface area contributed by atoms with Crippen LogP contribution in [0.1, 0.15) is 11.1 Å². The number of rotatable bonds is 4. The number of anilines is 1. The molecule has 0 amide bonds. The number of nitrogens with one attached hydrogen (secondary N) is 1. The van der Waals surface area contributed by atoms with E-state index in [4.69, 9.17) is 4.74 Å². The summed E-state index contributed by atoms with van der Waals surface area (Å²) in [7, 11) is 1.88. The summed E-state index contributed by atoms with van der Waals surface area (Å²) in [5.74, 6) is 0.879. The molecule has 0 aliphatic carbocycles. The van der Waals surface area contributed by atoms with Gasteiger partial charge in [0.25, 0.3) is 0 Å². The van der Waals surface area contributed by atoms with Crippen molar-refractivity contribution in [3.05, 3.63) is 53.6 Å². The lowest BCUT2D eigenvalue weighted by Gasteiger charge is -2.06. The number of aryl methyl sites for hydroxylation is 1. The molecule has 0 bridgehead atoms. The van der Waals surface area contributed by atoms with Gasteiger partial charge in [0.15, 0.2) is 5.13 Å². The Kier molecular flexibility index (Phi) is 3.56. The van der Waals surface area contributed by atoms with Crippen LogP contribution in [0.3, 0.4) is 0 Å². The summed E-state index contributed by atoms with van der Waals surface area (Å²) < 4.78 is 6.98. The Balaban J connectivity index is 1.75. The first-order valence-electron chi connectivity index (χ1n) is 6.51. The molecule has 1 heterocycles. The molecule has 0 saturated heterocycles. The first-order chi connectivity index (χ1) is 9.74. The van der Waals surface area contributed by atoms with Crippen LogP contribution in [0.2, 0.25) is 0 Å². The first kappa shape index (κ1) is 12.9. The Labute approximate surface area is 122 Å². The Morgan fingerprint density at radius 3 is 2.70 bits per heavy atom. The van der Waals surface area contributed by atoms with Gasteiger partial charge < -0.3 is 10.1 Å². The van der Waals surface area contributed by atoms with Crippen molar-refractivity contribution >= 4 is 26.7 Å². The Morgan fingerprint density at radius 2 is 1.95 bits per heavy atom. The van der Waals surface area contributed by atoms with Crippen LogP contribution < -0.4 is 10.1 Å². The molecule has 0 aliphatic rings. The molecule has 102 valence electrons. The summed E-state index contributed by atoms with van der Waals surface area (Å²) in [4.78, 5) is 4.45. The molecule has 0 fully saturated rings. The van der Waals surface area contributed by atoms with Gasteiger partial charge in [-0.15, -0.1) is 0 Å². The SMILES string of the molecule is CNc1nc2ccc(OCc3ccc(C)cc3)cc2s1. The third-order valence-corrected chi connectivity index (χ3v) is 4.14. The zero-order valence-electron chi connectivity index (χ0n) is 11.5. The highest BCUT2D eigenvalue weighted by molar-refractivity contribution is 7.22. The number of benzene rings is 2. The molecule has 0 aliphatic heterocycles. The smallest absolute Gasteiger partial charge is 0.183 e. The zero-order chi connectivity index (χ0) is 13.9. The van der Waals surface area contributed by atoms with Crippen molar-refractivity contribution < 1.29 is 4.74 Å². The van der Waals surface area contributed by atoms with Gasteiger partial charge in [0.05, 0.1) is 10.2 Å². The molecule has 0 atom stereocenters. The largest absolute Gasteiger partial charge is 0.489 e. The van der Waals surface area contributed by atoms with Gasteiger partial charge in [-0.3, -0.25) is 0 Å². The molecule has 0 unspecified atom stereocenters. The van der Waals surface area contributed by atoms with Gasteiger partial charge in [-0.2, -0.15) is 0 Å². The predicted octanol–water partition coefficient (Wildman–Crippen LogP) is 4.23. The third kappa shape index (κ3) is 2.75. The fraction of sp³-hybridized carbons (Fsp3) is 0.188. The molecule has 1 aromatic heterocycles. The molecule has 0 spiro atoms. The predicted molar refractivity (Wildman–Crippen MR) is 84.7 cm³/mol. The van der Waals surface area contributed by atoms with Gasteiger partial charge in [0, 0.05) is 7.05 Å². The Hall–Kier alpha value is -2.07. The average Bonchev–Trinajstić information content (AvgIpc) is 2.89. The van der Waals surface area contributed by atoms with Crippen molar-refractivity contribution in [3.8, 4) is 5.75 Å². The van der Waals surface area contributed by atoms with Gasteiger partial charge in [-0.05, 0) is 30.7 Å². The summed E-state index contributed by atoms with van der Waals surface area (Å²) in [5.41, 5.74) is 3.44. The molecule has 20 heavy (non-hydrogen) atoms. The average molecular weight is 284 g/mol. The lowest BCUT2D eigenvalue weighted by Crippen LogP contribution is -1.94. The molecule has 3 nitrogen and oxygen atoms in total. The molecule has 3 rings (SSSR count). The zero-order valence-corrected chi connectivity index (χ0v) is 12.3. The lowest BCUT2D eigenvalue weighted by atomic mass is 10.2. The number of hydrogen-bond acceptors (Lipinski definition) is 4. The van der Waals surface area contributed by atoms with Gasteiger partial charge >= 0.3 is 0 Å². The van der Waals surface area contributed by atoms with Crippen LogP contribution in [0.15, 0.2) is 42.5 Å². The summed E-state index contributed by atoms with van der Waals surface area (Å²) in [6, 6.07) is 14.4. The standard InChI is InChI=1S/C16H16N2OS/c1-11-3-5-12(6-4-11)10-19-13-7-8-14-15(9-13)20-16(17-2)18-14/h3-9H,10H2,1-2H3,(H,17,18). The number of thiazole rings is 1. The normalized spacial score (nSPS) is 10.7. The molecular formula is C16H16N2OS. The molecule has 0 radical (unpaired) electrons. The van der Waals surface area contributed by atoms with Crippen LogP contribution in [0.25, 0.3) is 10.2 Å². The van der Waals surface area contributed by atoms with E-state index in [0.717, 1.165) is 21.1 Å². The summed E-state index contributed by atoms with van der Waals surface area (Å²) in [6.45, 7) is 2.67. The molecule has 4 heteroatoms. The van der Waals surface area contributed by atoms with E-state index in [1.165, 1.54) is 11.1 Å². The second-order valence-electron chi connectivity index (χ2n) is 4.67. The summed E-state index contributed by atoms with van der Waals surface area (Å²) in [5, 5.41) is 3.99. The number of nitrogens with zero attached hydrogens (tertiary/aromatic N) is 1. The maximum Gasteiger partial charge on any atom is 0.183 e. The minimum atomic E-state index is 0.587. The van der Waals surface area contributed by atoms with Crippen LogP contribution in [0.4, 0.5) is 5.13 Å². The molecule has 1 N–H and O–H groups in total. The van der Waals surface area contributed by atoms with Gasteiger partial charge in [0.1, 0.15) is 12.4 Å². The monoisotopic (exact) mass is 284 g/mol. The van der Waals surface area contributed by atoms with E-state index in [1.54, 1.807) is 11.3 Å². The quantitative estimate of drug-likeness (QED) is 0.778. The van der Waals surface area contributed by atoms with Crippen molar-refractivity contribution in [2.75, 3.05) is 12.4 Å². The van der Waals surface area contributed by atoms with Crippen LogP contribution in [0.5, 0.6) is 5.75 Å². The molecular weight excluding hydrogens is 268 g/mol. The van der Waals surface area contributed by atoms with E-state index in [0.29, 0.717) is 6.61 Å². The van der Waals surface area contributed by atoms with Crippen LogP contribution in [-0.4, -0.2) is 12.0 Å². The van der Waals surface area contributed by atoms with Crippen LogP contribution >= 0.6 is 11.3 Å². The van der Waals surface area contributed by atoms with E-state index < -0.39 is 0 Å². The van der Waals surface area contributed by atoms with Gasteiger partial charge in [0.2, 0.25) is 0 Å². The topological polar surface area (TPSA) is 34.2 Å². The molecule has 2 aromatic carbocycles. The molecule has 0 saturated carbocycles. The Bertz CT molecular complexity index is 719. The van der Waals surface area contributed by atoms with Crippen molar-refractivity contribution in [1.82, 2.24) is 4.98 Å². The van der Waals surface area contributed by atoms with E-state index >= 15 is 0 Å². The fourth-order valence-corrected chi connectivity index (χ4v) is 2.80. The summed E-state index contributed by atoms with van der Waals surface area (Å²) >= 11 is 1.63. The number of aromatic nitrogens is 1. The van der Waals surface area contributed by atoms with E-state index in [1.807, 2.05) is 25.2 Å². The van der Waals surface area contributed by atoms with Crippen molar-refractivity contribution in [2.24, 2.45) is 0 Å². The fourth-order valence-electron chi connectivity index (χ4n) is 1.95. The lowest BCUT2D eigenvalue weighted by molar-refractivity contribution is 0.306. The Morgan fingerprint density at radius 1 is 1.15 bits per heavy atom. The third-order valence-electron chi connectivity index (χ3n) is 3.10. The highest BCUT2D eigenvalue weighted by atomic mass is 32.1. The first-order valence-corrected chi connectivity index (χ1v) is 7.33. The van der Waals surface area contributed by atoms with Crippen LogP contribution in [-0.2, 0) is 6.61 Å². The van der Waals surface area contributed by atoms with Gasteiger partial charge in [-0.25, -0.2) is 4.98 Å². The number of hydrogen-bond donors (Lipinski definition) is 1. The minimum Gasteiger partial charge on any atom is -0.489 e. The second-order valence-corrected chi connectivity index (χ2v) is 5.70. The summed E-state index contributed by atoms with van der Waals surface area (Å²) in [6.07, 6.45) is 0. The van der Waals surface area contributed by atoms with Crippen molar-refractivity contribution in [1.29, 1.82) is 0 Å². The van der Waals surface area contributed by atoms with E-state index in [9.17, 15) is 0 Å². The number of fused-ring (bicyclic) bond motifs is 1. The van der Waals surface area contributed by atoms with Gasteiger partial charge in [-0.1, -0.05) is 41.2 Å². The van der Waals surface area contributed by atoms with E-state index in [2.05, 4.69) is 41.5 Å². The maximum absolute atomic E-state index is 5.84. The van der Waals surface area contributed by atoms with Crippen molar-refractivity contribution in [2.45, 2.75) is 13.5 Å². The minimum absolute atomic E-state index is 0.587. The van der Waals surface area contributed by atoms with E-state index in [-0.39, 0.29) is 0 Å².